The van der Waals surface area contributed by atoms with Crippen molar-refractivity contribution in [3.8, 4) is 0 Å². The van der Waals surface area contributed by atoms with E-state index in [0.29, 0.717) is 17.1 Å². The van der Waals surface area contributed by atoms with Crippen molar-refractivity contribution in [3.05, 3.63) is 53.9 Å². The molecule has 3 aromatic rings. The number of aromatic nitrogens is 5. The van der Waals surface area contributed by atoms with Crippen LogP contribution in [-0.4, -0.2) is 54.7 Å². The predicted molar refractivity (Wildman–Crippen MR) is 142 cm³/mol. The molecule has 12 heteroatoms. The molecule has 1 fully saturated rings. The molecule has 3 aromatic heterocycles. The standard InChI is InChI=1S/C14H19N7O.C9H12N2O2.C2H6/c1-20-9-10(7-17-20)18-14-12(13(15)22)16-8-11(19-14)21-5-3-2-4-6-21;1-9(2,13)7-4-3-6(5-11-7)8(10)12;1-2/h7-9H,2-6H2,1H3,(H2,15,22)(H,18,19);3-5,13H,1-2H3,(H2,10,12);1-2H3. The van der Waals surface area contributed by atoms with Gasteiger partial charge in [-0.2, -0.15) is 5.10 Å². The molecule has 0 aliphatic carbocycles. The van der Waals surface area contributed by atoms with Gasteiger partial charge in [0.25, 0.3) is 5.91 Å². The highest BCUT2D eigenvalue weighted by Crippen LogP contribution is 2.23. The van der Waals surface area contributed by atoms with Gasteiger partial charge in [0.15, 0.2) is 11.5 Å². The Bertz CT molecular complexity index is 1160. The first-order valence-electron chi connectivity index (χ1n) is 12.2. The van der Waals surface area contributed by atoms with Gasteiger partial charge in [-0.05, 0) is 45.2 Å². The third-order valence-corrected chi connectivity index (χ3v) is 5.32. The summed E-state index contributed by atoms with van der Waals surface area (Å²) >= 11 is 0. The van der Waals surface area contributed by atoms with Crippen molar-refractivity contribution in [3.63, 3.8) is 0 Å². The lowest BCUT2D eigenvalue weighted by atomic mass is 10.0. The van der Waals surface area contributed by atoms with Crippen LogP contribution >= 0.6 is 0 Å². The summed E-state index contributed by atoms with van der Waals surface area (Å²) in [5.41, 5.74) is 11.1. The number of nitrogens with zero attached hydrogens (tertiary/aromatic N) is 6. The summed E-state index contributed by atoms with van der Waals surface area (Å²) in [6, 6.07) is 3.13. The number of pyridine rings is 1. The average molecular weight is 512 g/mol. The molecule has 37 heavy (non-hydrogen) atoms. The van der Waals surface area contributed by atoms with Crippen molar-refractivity contribution >= 4 is 29.1 Å². The Hall–Kier alpha value is -4.06. The van der Waals surface area contributed by atoms with E-state index < -0.39 is 17.4 Å². The molecule has 1 saturated heterocycles. The fraction of sp³-hybridized carbons (Fsp3) is 0.440. The number of hydrogen-bond acceptors (Lipinski definition) is 9. The molecule has 4 heterocycles. The minimum Gasteiger partial charge on any atom is -0.384 e. The third kappa shape index (κ3) is 8.53. The van der Waals surface area contributed by atoms with Gasteiger partial charge in [-0.1, -0.05) is 13.8 Å². The fourth-order valence-corrected chi connectivity index (χ4v) is 3.45. The number of primary amides is 2. The molecule has 0 unspecified atom stereocenters. The Kier molecular flexibility index (Phi) is 10.5. The topological polar surface area (TPSA) is 178 Å². The molecule has 12 nitrogen and oxygen atoms in total. The van der Waals surface area contributed by atoms with Crippen LogP contribution in [0.4, 0.5) is 17.3 Å². The minimum absolute atomic E-state index is 0.129. The maximum atomic E-state index is 11.6. The zero-order valence-corrected chi connectivity index (χ0v) is 22.1. The second-order valence-corrected chi connectivity index (χ2v) is 8.72. The van der Waals surface area contributed by atoms with E-state index in [2.05, 4.69) is 30.3 Å². The monoisotopic (exact) mass is 511 g/mol. The Balaban J connectivity index is 0.000000275. The molecular weight excluding hydrogens is 474 g/mol. The van der Waals surface area contributed by atoms with Crippen LogP contribution in [0.15, 0.2) is 36.9 Å². The fourth-order valence-electron chi connectivity index (χ4n) is 3.45. The van der Waals surface area contributed by atoms with Crippen LogP contribution in [0, 0.1) is 0 Å². The van der Waals surface area contributed by atoms with Crippen LogP contribution in [0.5, 0.6) is 0 Å². The third-order valence-electron chi connectivity index (χ3n) is 5.32. The van der Waals surface area contributed by atoms with Crippen LogP contribution in [0.2, 0.25) is 0 Å². The van der Waals surface area contributed by atoms with Gasteiger partial charge in [0.05, 0.1) is 29.3 Å². The van der Waals surface area contributed by atoms with Gasteiger partial charge < -0.3 is 26.8 Å². The lowest BCUT2D eigenvalue weighted by Gasteiger charge is -2.27. The van der Waals surface area contributed by atoms with Gasteiger partial charge in [0, 0.05) is 32.5 Å². The molecule has 2 amide bonds. The van der Waals surface area contributed by atoms with E-state index in [1.807, 2.05) is 20.9 Å². The zero-order valence-electron chi connectivity index (χ0n) is 22.1. The molecule has 0 atom stereocenters. The highest BCUT2D eigenvalue weighted by molar-refractivity contribution is 5.96. The molecule has 200 valence electrons. The van der Waals surface area contributed by atoms with E-state index in [1.54, 1.807) is 49.3 Å². The van der Waals surface area contributed by atoms with Crippen molar-refractivity contribution < 1.29 is 14.7 Å². The molecule has 4 rings (SSSR count). The molecule has 0 bridgehead atoms. The molecule has 1 aliphatic heterocycles. The number of aliphatic hydroxyl groups is 1. The number of carbonyl (C=O) groups is 2. The van der Waals surface area contributed by atoms with E-state index in [9.17, 15) is 14.7 Å². The predicted octanol–water partition coefficient (Wildman–Crippen LogP) is 2.48. The van der Waals surface area contributed by atoms with Crippen LogP contribution in [0.3, 0.4) is 0 Å². The van der Waals surface area contributed by atoms with E-state index in [1.165, 1.54) is 12.6 Å². The molecule has 0 spiro atoms. The first kappa shape index (κ1) is 29.2. The smallest absolute Gasteiger partial charge is 0.271 e. The summed E-state index contributed by atoms with van der Waals surface area (Å²) in [4.78, 5) is 37.1. The number of carbonyl (C=O) groups excluding carboxylic acids is 2. The Morgan fingerprint density at radius 1 is 1.00 bits per heavy atom. The van der Waals surface area contributed by atoms with Gasteiger partial charge >= 0.3 is 0 Å². The number of rotatable bonds is 6. The quantitative estimate of drug-likeness (QED) is 0.387. The van der Waals surface area contributed by atoms with Crippen molar-refractivity contribution in [1.29, 1.82) is 0 Å². The second-order valence-electron chi connectivity index (χ2n) is 8.72. The van der Waals surface area contributed by atoms with Gasteiger partial charge in [0.2, 0.25) is 5.91 Å². The number of nitrogens with two attached hydrogens (primary N) is 2. The SMILES string of the molecule is CC.CC(C)(O)c1ccc(C(N)=O)cn1.Cn1cc(Nc2nc(N3CCCCC3)cnc2C(N)=O)cn1. The largest absolute Gasteiger partial charge is 0.384 e. The first-order valence-corrected chi connectivity index (χ1v) is 12.2. The first-order chi connectivity index (χ1) is 17.5. The molecular formula is C25H37N9O3. The van der Waals surface area contributed by atoms with Crippen LogP contribution in [0.1, 0.15) is 73.5 Å². The van der Waals surface area contributed by atoms with Gasteiger partial charge in [-0.3, -0.25) is 19.3 Å². The van der Waals surface area contributed by atoms with Gasteiger partial charge in [-0.25, -0.2) is 9.97 Å². The summed E-state index contributed by atoms with van der Waals surface area (Å²) < 4.78 is 1.66. The average Bonchev–Trinajstić information content (AvgIpc) is 3.30. The molecule has 0 radical (unpaired) electrons. The summed E-state index contributed by atoms with van der Waals surface area (Å²) in [6.07, 6.45) is 9.94. The van der Waals surface area contributed by atoms with Crippen molar-refractivity contribution in [2.24, 2.45) is 18.5 Å². The van der Waals surface area contributed by atoms with Crippen LogP contribution < -0.4 is 21.7 Å². The Labute approximate surface area is 217 Å². The maximum absolute atomic E-state index is 11.6. The summed E-state index contributed by atoms with van der Waals surface area (Å²) in [5.74, 6) is -0.00135. The summed E-state index contributed by atoms with van der Waals surface area (Å²) in [7, 11) is 1.82. The normalized spacial score (nSPS) is 13.0. The lowest BCUT2D eigenvalue weighted by molar-refractivity contribution is 0.0736. The van der Waals surface area contributed by atoms with E-state index >= 15 is 0 Å². The molecule has 1 aliphatic rings. The number of piperidine rings is 1. The van der Waals surface area contributed by atoms with E-state index in [-0.39, 0.29) is 5.69 Å². The molecule has 6 N–H and O–H groups in total. The molecule has 0 aromatic carbocycles. The second kappa shape index (κ2) is 13.3. The van der Waals surface area contributed by atoms with Gasteiger partial charge in [0.1, 0.15) is 11.4 Å². The number of anilines is 3. The summed E-state index contributed by atoms with van der Waals surface area (Å²) in [6.45, 7) is 9.16. The Morgan fingerprint density at radius 3 is 2.16 bits per heavy atom. The van der Waals surface area contributed by atoms with Crippen molar-refractivity contribution in [1.82, 2.24) is 24.7 Å². The zero-order chi connectivity index (χ0) is 27.6. The van der Waals surface area contributed by atoms with E-state index in [0.717, 1.165) is 37.4 Å². The van der Waals surface area contributed by atoms with Crippen LogP contribution in [0.25, 0.3) is 0 Å². The highest BCUT2D eigenvalue weighted by Gasteiger charge is 2.19. The highest BCUT2D eigenvalue weighted by atomic mass is 16.3. The van der Waals surface area contributed by atoms with Crippen molar-refractivity contribution in [2.45, 2.75) is 52.6 Å². The number of aryl methyl sites for hydroxylation is 1. The lowest BCUT2D eigenvalue weighted by Crippen LogP contribution is -2.30. The van der Waals surface area contributed by atoms with Gasteiger partial charge in [-0.15, -0.1) is 0 Å². The Morgan fingerprint density at radius 2 is 1.68 bits per heavy atom. The molecule has 0 saturated carbocycles. The van der Waals surface area contributed by atoms with E-state index in [4.69, 9.17) is 11.5 Å². The number of amides is 2. The number of hydrogen-bond donors (Lipinski definition) is 4. The van der Waals surface area contributed by atoms with Crippen LogP contribution in [-0.2, 0) is 12.6 Å². The maximum Gasteiger partial charge on any atom is 0.271 e. The van der Waals surface area contributed by atoms with Crippen molar-refractivity contribution in [2.75, 3.05) is 23.3 Å². The summed E-state index contributed by atoms with van der Waals surface area (Å²) in [5, 5.41) is 16.7. The minimum atomic E-state index is -0.990. The number of nitrogens with one attached hydrogen (secondary N) is 1.